The molecule has 0 atom stereocenters. The summed E-state index contributed by atoms with van der Waals surface area (Å²) >= 11 is 3.50. The molecule has 5 heteroatoms. The molecule has 0 saturated carbocycles. The molecule has 0 aromatic heterocycles. The van der Waals surface area contributed by atoms with Gasteiger partial charge in [0.1, 0.15) is 12.4 Å². The van der Waals surface area contributed by atoms with E-state index in [0.29, 0.717) is 6.61 Å². The Morgan fingerprint density at radius 1 is 1.17 bits per heavy atom. The van der Waals surface area contributed by atoms with E-state index in [1.165, 1.54) is 22.9 Å². The van der Waals surface area contributed by atoms with Crippen molar-refractivity contribution in [3.63, 3.8) is 0 Å². The number of thioether (sulfide) groups is 1. The Hall–Kier alpha value is -1.21. The Labute approximate surface area is 161 Å². The van der Waals surface area contributed by atoms with Gasteiger partial charge in [0.05, 0.1) is 5.69 Å². The van der Waals surface area contributed by atoms with E-state index in [1.807, 2.05) is 18.2 Å². The second kappa shape index (κ2) is 8.25. The monoisotopic (exact) mass is 455 g/mol. The van der Waals surface area contributed by atoms with Gasteiger partial charge in [-0.1, -0.05) is 23.9 Å². The van der Waals surface area contributed by atoms with Gasteiger partial charge in [-0.3, -0.25) is 4.79 Å². The first-order chi connectivity index (χ1) is 11.3. The summed E-state index contributed by atoms with van der Waals surface area (Å²) in [6, 6.07) is 10.2. The molecule has 0 saturated heterocycles. The summed E-state index contributed by atoms with van der Waals surface area (Å²) < 4.78 is 7.18. The topological polar surface area (TPSA) is 29.5 Å². The largest absolute Gasteiger partial charge is 0.489 e. The molecule has 0 unspecified atom stereocenters. The molecule has 0 radical (unpaired) electrons. The maximum atomic E-state index is 12.0. The van der Waals surface area contributed by atoms with Crippen LogP contribution in [0.2, 0.25) is 0 Å². The number of anilines is 1. The molecule has 2 rings (SSSR count). The van der Waals surface area contributed by atoms with Crippen LogP contribution in [0.25, 0.3) is 0 Å². The Kier molecular flexibility index (Phi) is 6.57. The summed E-state index contributed by atoms with van der Waals surface area (Å²) in [5, 5.41) is 0.0145. The van der Waals surface area contributed by atoms with Gasteiger partial charge in [-0.2, -0.15) is 0 Å². The molecule has 3 nitrogen and oxygen atoms in total. The summed E-state index contributed by atoms with van der Waals surface area (Å²) in [4.78, 5) is 13.7. The number of ether oxygens (including phenoxy) is 1. The van der Waals surface area contributed by atoms with Crippen LogP contribution in [0.4, 0.5) is 10.5 Å². The highest BCUT2D eigenvalue weighted by Crippen LogP contribution is 2.29. The average Bonchev–Trinajstić information content (AvgIpc) is 2.56. The number of hydrogen-bond acceptors (Lipinski definition) is 3. The van der Waals surface area contributed by atoms with Crippen LogP contribution in [-0.2, 0) is 6.61 Å². The maximum absolute atomic E-state index is 12.0. The van der Waals surface area contributed by atoms with Crippen molar-refractivity contribution in [2.45, 2.75) is 27.4 Å². The Balaban J connectivity index is 2.30. The summed E-state index contributed by atoms with van der Waals surface area (Å²) in [6.45, 7) is 6.68. The van der Waals surface area contributed by atoms with Crippen LogP contribution >= 0.6 is 34.4 Å². The molecular formula is C19H22INO2S. The van der Waals surface area contributed by atoms with Crippen LogP contribution < -0.4 is 9.64 Å². The van der Waals surface area contributed by atoms with Crippen LogP contribution in [0.15, 0.2) is 30.3 Å². The summed E-state index contributed by atoms with van der Waals surface area (Å²) in [5.74, 6) is 0.891. The zero-order valence-corrected chi connectivity index (χ0v) is 17.6. The lowest BCUT2D eigenvalue weighted by molar-refractivity contribution is 0.266. The Morgan fingerprint density at radius 2 is 1.83 bits per heavy atom. The molecule has 24 heavy (non-hydrogen) atoms. The van der Waals surface area contributed by atoms with Crippen molar-refractivity contribution >= 4 is 45.3 Å². The smallest absolute Gasteiger partial charge is 0.285 e. The minimum absolute atomic E-state index is 0.0145. The third kappa shape index (κ3) is 4.25. The van der Waals surface area contributed by atoms with Gasteiger partial charge < -0.3 is 9.64 Å². The number of aryl methyl sites for hydroxylation is 3. The molecule has 0 fully saturated rings. The van der Waals surface area contributed by atoms with Crippen molar-refractivity contribution in [1.29, 1.82) is 0 Å². The predicted octanol–water partition coefficient (Wildman–Crippen LogP) is 5.71. The fraction of sp³-hybridized carbons (Fsp3) is 0.316. The third-order valence-electron chi connectivity index (χ3n) is 4.07. The van der Waals surface area contributed by atoms with E-state index in [-0.39, 0.29) is 5.24 Å². The number of hydrogen-bond donors (Lipinski definition) is 0. The Bertz CT molecular complexity index is 761. The second-order valence-corrected chi connectivity index (χ2v) is 7.68. The molecule has 0 bridgehead atoms. The van der Waals surface area contributed by atoms with E-state index in [9.17, 15) is 4.79 Å². The van der Waals surface area contributed by atoms with E-state index >= 15 is 0 Å². The Morgan fingerprint density at radius 3 is 2.50 bits per heavy atom. The van der Waals surface area contributed by atoms with Crippen molar-refractivity contribution in [2.24, 2.45) is 0 Å². The molecule has 128 valence electrons. The SMILES string of the molecule is CSC(=O)N(C)c1cccc(I)c1COc1cc(C)c(C)cc1C. The molecule has 0 aliphatic heterocycles. The van der Waals surface area contributed by atoms with Crippen molar-refractivity contribution in [2.75, 3.05) is 18.2 Å². The van der Waals surface area contributed by atoms with Crippen LogP contribution in [0, 0.1) is 24.3 Å². The normalized spacial score (nSPS) is 10.6. The molecule has 0 spiro atoms. The van der Waals surface area contributed by atoms with Crippen LogP contribution in [0.1, 0.15) is 22.3 Å². The number of nitrogens with zero attached hydrogens (tertiary/aromatic N) is 1. The van der Waals surface area contributed by atoms with E-state index in [1.54, 1.807) is 18.2 Å². The number of carbonyl (C=O) groups is 1. The summed E-state index contributed by atoms with van der Waals surface area (Å²) in [7, 11) is 1.80. The van der Waals surface area contributed by atoms with E-state index in [2.05, 4.69) is 55.5 Å². The summed E-state index contributed by atoms with van der Waals surface area (Å²) in [5.41, 5.74) is 5.52. The number of carbonyl (C=O) groups excluding carboxylic acids is 1. The molecule has 0 heterocycles. The molecule has 0 aliphatic rings. The predicted molar refractivity (Wildman–Crippen MR) is 111 cm³/mol. The minimum Gasteiger partial charge on any atom is -0.489 e. The van der Waals surface area contributed by atoms with Gasteiger partial charge >= 0.3 is 0 Å². The number of rotatable bonds is 4. The van der Waals surface area contributed by atoms with Crippen LogP contribution in [0.3, 0.4) is 0 Å². The fourth-order valence-corrected chi connectivity index (χ4v) is 3.49. The lowest BCUT2D eigenvalue weighted by Crippen LogP contribution is -2.23. The molecular weight excluding hydrogens is 433 g/mol. The van der Waals surface area contributed by atoms with E-state index in [0.717, 1.165) is 26.1 Å². The van der Waals surface area contributed by atoms with Gasteiger partial charge in [0, 0.05) is 16.2 Å². The van der Waals surface area contributed by atoms with Crippen molar-refractivity contribution in [3.8, 4) is 5.75 Å². The molecule has 1 amide bonds. The van der Waals surface area contributed by atoms with E-state index < -0.39 is 0 Å². The van der Waals surface area contributed by atoms with Gasteiger partial charge in [0.2, 0.25) is 0 Å². The van der Waals surface area contributed by atoms with Crippen LogP contribution in [0.5, 0.6) is 5.75 Å². The highest BCUT2D eigenvalue weighted by molar-refractivity contribution is 14.1. The average molecular weight is 455 g/mol. The minimum atomic E-state index is 0.0145. The zero-order valence-electron chi connectivity index (χ0n) is 14.6. The molecule has 0 aliphatic carbocycles. The summed E-state index contributed by atoms with van der Waals surface area (Å²) in [6.07, 6.45) is 1.79. The zero-order chi connectivity index (χ0) is 17.9. The highest BCUT2D eigenvalue weighted by Gasteiger charge is 2.16. The number of halogens is 1. The number of benzene rings is 2. The first kappa shape index (κ1) is 19.1. The second-order valence-electron chi connectivity index (χ2n) is 5.76. The maximum Gasteiger partial charge on any atom is 0.285 e. The number of amides is 1. The van der Waals surface area contributed by atoms with Crippen molar-refractivity contribution in [1.82, 2.24) is 0 Å². The standard InChI is InChI=1S/C19H22INO2S/c1-12-9-14(3)18(10-13(12)2)23-11-15-16(20)7-6-8-17(15)21(4)19(22)24-5/h6-10H,11H2,1-5H3. The first-order valence-electron chi connectivity index (χ1n) is 7.64. The van der Waals surface area contributed by atoms with Gasteiger partial charge in [-0.25, -0.2) is 0 Å². The first-order valence-corrected chi connectivity index (χ1v) is 9.95. The van der Waals surface area contributed by atoms with Crippen molar-refractivity contribution in [3.05, 3.63) is 56.2 Å². The van der Waals surface area contributed by atoms with Gasteiger partial charge in [0.15, 0.2) is 0 Å². The molecule has 0 N–H and O–H groups in total. The lowest BCUT2D eigenvalue weighted by Gasteiger charge is -2.21. The van der Waals surface area contributed by atoms with Crippen LogP contribution in [-0.4, -0.2) is 18.5 Å². The van der Waals surface area contributed by atoms with E-state index in [4.69, 9.17) is 4.74 Å². The fourth-order valence-electron chi connectivity index (χ4n) is 2.48. The van der Waals surface area contributed by atoms with Crippen molar-refractivity contribution < 1.29 is 9.53 Å². The van der Waals surface area contributed by atoms with Gasteiger partial charge in [0.25, 0.3) is 5.24 Å². The molecule has 2 aromatic rings. The van der Waals surface area contributed by atoms with Gasteiger partial charge in [-0.15, -0.1) is 0 Å². The third-order valence-corrected chi connectivity index (χ3v) is 5.70. The molecule has 2 aromatic carbocycles. The highest BCUT2D eigenvalue weighted by atomic mass is 127. The van der Waals surface area contributed by atoms with Gasteiger partial charge in [-0.05, 0) is 84.5 Å². The lowest BCUT2D eigenvalue weighted by atomic mass is 10.1. The quantitative estimate of drug-likeness (QED) is 0.553.